The third-order valence-electron chi connectivity index (χ3n) is 9.74. The summed E-state index contributed by atoms with van der Waals surface area (Å²) in [7, 11) is 0. The summed E-state index contributed by atoms with van der Waals surface area (Å²) >= 11 is 0. The van der Waals surface area contributed by atoms with Crippen LogP contribution in [-0.4, -0.2) is 9.55 Å². The molecule has 0 amide bonds. The summed E-state index contributed by atoms with van der Waals surface area (Å²) in [6.07, 6.45) is 0.960. The molecule has 0 aliphatic rings. The van der Waals surface area contributed by atoms with Gasteiger partial charge < -0.3 is 0 Å². The molecule has 2 heteroatoms. The van der Waals surface area contributed by atoms with E-state index in [9.17, 15) is 0 Å². The van der Waals surface area contributed by atoms with Crippen LogP contribution in [0.4, 0.5) is 0 Å². The van der Waals surface area contributed by atoms with Gasteiger partial charge in [-0.25, -0.2) is 4.98 Å². The summed E-state index contributed by atoms with van der Waals surface area (Å²) in [5, 5.41) is 5.19. The van der Waals surface area contributed by atoms with Crippen molar-refractivity contribution in [2.75, 3.05) is 0 Å². The summed E-state index contributed by atoms with van der Waals surface area (Å²) in [5.41, 5.74) is 13.0. The van der Waals surface area contributed by atoms with Gasteiger partial charge in [0.15, 0.2) is 0 Å². The molecule has 0 aliphatic heterocycles. The normalized spacial score (nSPS) is 11.4. The Labute approximate surface area is 286 Å². The number of hydrogen-bond acceptors (Lipinski definition) is 1. The van der Waals surface area contributed by atoms with Crippen LogP contribution in [0, 0.1) is 0 Å². The first-order valence-corrected chi connectivity index (χ1v) is 17.0. The Hall–Kier alpha value is -6.25. The first-order valence-electron chi connectivity index (χ1n) is 17.0. The van der Waals surface area contributed by atoms with E-state index in [1.807, 2.05) is 0 Å². The number of fused-ring (bicyclic) bond motifs is 4. The van der Waals surface area contributed by atoms with Crippen molar-refractivity contribution in [1.29, 1.82) is 0 Å². The van der Waals surface area contributed by atoms with Gasteiger partial charge in [0.1, 0.15) is 5.82 Å². The van der Waals surface area contributed by atoms with Crippen molar-refractivity contribution in [3.8, 4) is 50.5 Å². The Bertz CT molecular complexity index is 2600. The first kappa shape index (κ1) is 28.9. The number of hydrogen-bond donors (Lipinski definition) is 0. The molecule has 2 nitrogen and oxygen atoms in total. The fourth-order valence-electron chi connectivity index (χ4n) is 7.38. The lowest BCUT2D eigenvalue weighted by Crippen LogP contribution is -1.97. The maximum Gasteiger partial charge on any atom is 0.145 e. The van der Waals surface area contributed by atoms with Crippen LogP contribution in [0.5, 0.6) is 0 Å². The molecule has 1 aromatic heterocycles. The van der Waals surface area contributed by atoms with E-state index in [1.165, 1.54) is 60.5 Å². The SMILES string of the molecule is CCc1cc(-c2ccccc2)cc2ccc3cc(-c4ccc(-c5nc6ccccc6n5-c5ccccc5)cc4)cc(-c4ccccc4)c3c12. The highest BCUT2D eigenvalue weighted by Gasteiger charge is 2.17. The Morgan fingerprint density at radius 2 is 1.00 bits per heavy atom. The predicted molar refractivity (Wildman–Crippen MR) is 207 cm³/mol. The molecule has 1 heterocycles. The van der Waals surface area contributed by atoms with Crippen molar-refractivity contribution in [2.24, 2.45) is 0 Å². The van der Waals surface area contributed by atoms with E-state index in [4.69, 9.17) is 4.98 Å². The first-order chi connectivity index (χ1) is 24.2. The zero-order valence-electron chi connectivity index (χ0n) is 27.3. The Morgan fingerprint density at radius 3 is 1.69 bits per heavy atom. The van der Waals surface area contributed by atoms with E-state index in [0.717, 1.165) is 34.5 Å². The quantitative estimate of drug-likeness (QED) is 0.168. The number of nitrogens with zero attached hydrogens (tertiary/aromatic N) is 2. The second-order valence-corrected chi connectivity index (χ2v) is 12.7. The molecule has 8 aromatic carbocycles. The van der Waals surface area contributed by atoms with Gasteiger partial charge in [-0.05, 0) is 109 Å². The topological polar surface area (TPSA) is 17.8 Å². The monoisotopic (exact) mass is 626 g/mol. The average Bonchev–Trinajstić information content (AvgIpc) is 3.58. The van der Waals surface area contributed by atoms with Gasteiger partial charge in [0.05, 0.1) is 11.0 Å². The number of imidazole rings is 1. The Kier molecular flexibility index (Phi) is 7.13. The van der Waals surface area contributed by atoms with Crippen molar-refractivity contribution in [3.63, 3.8) is 0 Å². The summed E-state index contributed by atoms with van der Waals surface area (Å²) in [4.78, 5) is 5.09. The molecule has 0 saturated heterocycles. The summed E-state index contributed by atoms with van der Waals surface area (Å²) in [6, 6.07) is 63.4. The number of rotatable bonds is 6. The lowest BCUT2D eigenvalue weighted by Gasteiger charge is -2.17. The van der Waals surface area contributed by atoms with Gasteiger partial charge in [0, 0.05) is 11.3 Å². The Balaban J connectivity index is 1.21. The summed E-state index contributed by atoms with van der Waals surface area (Å²) in [5.74, 6) is 0.941. The third-order valence-corrected chi connectivity index (χ3v) is 9.74. The molecule has 0 atom stereocenters. The van der Waals surface area contributed by atoms with Crippen molar-refractivity contribution >= 4 is 32.6 Å². The molecular formula is C47H34N2. The van der Waals surface area contributed by atoms with Crippen LogP contribution in [0.1, 0.15) is 12.5 Å². The van der Waals surface area contributed by atoms with E-state index in [0.29, 0.717) is 0 Å². The predicted octanol–water partition coefficient (Wildman–Crippen LogP) is 12.6. The van der Waals surface area contributed by atoms with Crippen LogP contribution < -0.4 is 0 Å². The minimum absolute atomic E-state index is 0.941. The van der Waals surface area contributed by atoms with E-state index in [-0.39, 0.29) is 0 Å². The molecule has 0 N–H and O–H groups in total. The van der Waals surface area contributed by atoms with E-state index < -0.39 is 0 Å². The van der Waals surface area contributed by atoms with Gasteiger partial charge >= 0.3 is 0 Å². The lowest BCUT2D eigenvalue weighted by molar-refractivity contribution is 1.10. The van der Waals surface area contributed by atoms with E-state index in [1.54, 1.807) is 0 Å². The minimum Gasteiger partial charge on any atom is -0.292 e. The van der Waals surface area contributed by atoms with Crippen LogP contribution in [-0.2, 0) is 6.42 Å². The largest absolute Gasteiger partial charge is 0.292 e. The van der Waals surface area contributed by atoms with Crippen molar-refractivity contribution in [3.05, 3.63) is 181 Å². The van der Waals surface area contributed by atoms with Gasteiger partial charge in [-0.3, -0.25) is 4.57 Å². The fourth-order valence-corrected chi connectivity index (χ4v) is 7.38. The van der Waals surface area contributed by atoms with E-state index in [2.05, 4.69) is 187 Å². The standard InChI is InChI=1S/C47H34N2/c1-2-32-28-39(33-14-6-3-7-15-33)29-37-26-27-38-30-40(31-42(46(38)45(32)37)35-16-8-4-9-17-35)34-22-24-36(25-23-34)47-48-43-20-12-13-21-44(43)49(47)41-18-10-5-11-19-41/h3-31H,2H2,1H3. The van der Waals surface area contributed by atoms with Gasteiger partial charge in [-0.2, -0.15) is 0 Å². The summed E-state index contributed by atoms with van der Waals surface area (Å²) in [6.45, 7) is 2.27. The second-order valence-electron chi connectivity index (χ2n) is 12.7. The van der Waals surface area contributed by atoms with Crippen molar-refractivity contribution in [2.45, 2.75) is 13.3 Å². The zero-order valence-corrected chi connectivity index (χ0v) is 27.3. The molecule has 0 unspecified atom stereocenters. The highest BCUT2D eigenvalue weighted by atomic mass is 15.1. The summed E-state index contributed by atoms with van der Waals surface area (Å²) < 4.78 is 2.26. The van der Waals surface area contributed by atoms with Crippen molar-refractivity contribution in [1.82, 2.24) is 9.55 Å². The molecular weight excluding hydrogens is 593 g/mol. The molecule has 0 aliphatic carbocycles. The number of aryl methyl sites for hydroxylation is 1. The maximum absolute atomic E-state index is 5.09. The maximum atomic E-state index is 5.09. The molecule has 0 radical (unpaired) electrons. The van der Waals surface area contributed by atoms with Gasteiger partial charge in [-0.1, -0.05) is 140 Å². The Morgan fingerprint density at radius 1 is 0.449 bits per heavy atom. The fraction of sp³-hybridized carbons (Fsp3) is 0.0426. The number of aromatic nitrogens is 2. The van der Waals surface area contributed by atoms with Crippen LogP contribution in [0.2, 0.25) is 0 Å². The zero-order chi connectivity index (χ0) is 32.7. The molecule has 49 heavy (non-hydrogen) atoms. The van der Waals surface area contributed by atoms with Crippen LogP contribution in [0.25, 0.3) is 83.0 Å². The molecule has 9 rings (SSSR count). The average molecular weight is 627 g/mol. The smallest absolute Gasteiger partial charge is 0.145 e. The number of para-hydroxylation sites is 3. The van der Waals surface area contributed by atoms with Gasteiger partial charge in [-0.15, -0.1) is 0 Å². The third kappa shape index (κ3) is 5.10. The second kappa shape index (κ2) is 12.1. The number of benzene rings is 8. The molecule has 0 saturated carbocycles. The molecule has 232 valence electrons. The van der Waals surface area contributed by atoms with Crippen LogP contribution in [0.15, 0.2) is 176 Å². The highest BCUT2D eigenvalue weighted by Crippen LogP contribution is 2.41. The van der Waals surface area contributed by atoms with Crippen LogP contribution >= 0.6 is 0 Å². The van der Waals surface area contributed by atoms with Crippen molar-refractivity contribution < 1.29 is 0 Å². The lowest BCUT2D eigenvalue weighted by atomic mass is 9.86. The molecule has 9 aromatic rings. The minimum atomic E-state index is 0.941. The van der Waals surface area contributed by atoms with Gasteiger partial charge in [0.25, 0.3) is 0 Å². The van der Waals surface area contributed by atoms with Gasteiger partial charge in [0.2, 0.25) is 0 Å². The van der Waals surface area contributed by atoms with Crippen LogP contribution in [0.3, 0.4) is 0 Å². The molecule has 0 spiro atoms. The molecule has 0 fully saturated rings. The molecule has 0 bridgehead atoms. The highest BCUT2D eigenvalue weighted by molar-refractivity contribution is 6.17. The van der Waals surface area contributed by atoms with E-state index >= 15 is 0 Å².